The van der Waals surface area contributed by atoms with Gasteiger partial charge in [0.2, 0.25) is 0 Å². The Kier molecular flexibility index (Phi) is 6.62. The highest BCUT2D eigenvalue weighted by atomic mass is 31.3. The van der Waals surface area contributed by atoms with Gasteiger partial charge in [-0.2, -0.15) is 26.1 Å². The summed E-state index contributed by atoms with van der Waals surface area (Å²) in [5, 5.41) is 20.1. The Morgan fingerprint density at radius 2 is 1.70 bits per heavy atom. The molecule has 5 N–H and O–H groups in total. The molecular weight excluding hydrogens is 534 g/mol. The maximum atomic E-state index is 12.6. The Bertz CT molecular complexity index is 1230. The fourth-order valence-electron chi connectivity index (χ4n) is 2.58. The van der Waals surface area contributed by atoms with E-state index < -0.39 is 83.3 Å². The Balaban J connectivity index is 1.82. The standard InChI is InChI=1S/C11H12F3N2O14P3/c12-11(13,14)3-16-1-4(9(19)15-10(16)20)8-7(18)6(17)5(27-8)2-26-33(25)29-31(21,22)28-32(23,24)30-33/h1,7-8,17-18H,2-3H2,(H,21,22)(H,23,24)(H,15,19,20)/t7?,8-/m0/s1. The van der Waals surface area contributed by atoms with Crippen LogP contribution in [0.4, 0.5) is 13.2 Å². The van der Waals surface area contributed by atoms with Crippen molar-refractivity contribution < 1.29 is 69.1 Å². The molecule has 33 heavy (non-hydrogen) atoms. The number of nitrogens with zero attached hydrogens (tertiary/aromatic N) is 1. The van der Waals surface area contributed by atoms with Gasteiger partial charge in [0, 0.05) is 6.20 Å². The van der Waals surface area contributed by atoms with E-state index in [1.807, 2.05) is 0 Å². The quantitative estimate of drug-likeness (QED) is 0.320. The Morgan fingerprint density at radius 3 is 2.24 bits per heavy atom. The molecule has 0 bridgehead atoms. The van der Waals surface area contributed by atoms with Gasteiger partial charge in [-0.1, -0.05) is 0 Å². The molecule has 16 nitrogen and oxygen atoms in total. The number of nitrogens with one attached hydrogen (secondary N) is 1. The second-order valence-corrected chi connectivity index (χ2v) is 11.3. The van der Waals surface area contributed by atoms with Crippen LogP contribution < -0.4 is 11.2 Å². The van der Waals surface area contributed by atoms with Crippen LogP contribution in [0, 0.1) is 0 Å². The summed E-state index contributed by atoms with van der Waals surface area (Å²) in [6, 6.07) is 0. The van der Waals surface area contributed by atoms with E-state index in [4.69, 9.17) is 14.5 Å². The molecule has 22 heteroatoms. The largest absolute Gasteiger partial charge is 0.506 e. The average Bonchev–Trinajstić information content (AvgIpc) is 2.86. The lowest BCUT2D eigenvalue weighted by atomic mass is 10.1. The minimum absolute atomic E-state index is 0.0534. The normalized spacial score (nSPS) is 35.0. The predicted molar refractivity (Wildman–Crippen MR) is 93.3 cm³/mol. The third-order valence-electron chi connectivity index (χ3n) is 3.78. The summed E-state index contributed by atoms with van der Waals surface area (Å²) in [6.07, 6.45) is -8.43. The molecule has 3 unspecified atom stereocenters. The number of hydrogen-bond donors (Lipinski definition) is 5. The molecule has 2 aliphatic rings. The molecule has 1 aromatic heterocycles. The van der Waals surface area contributed by atoms with Gasteiger partial charge in [0.1, 0.15) is 13.2 Å². The van der Waals surface area contributed by atoms with Gasteiger partial charge < -0.3 is 24.7 Å². The number of H-pyrrole nitrogens is 1. The van der Waals surface area contributed by atoms with Gasteiger partial charge in [0.15, 0.2) is 23.7 Å². The summed E-state index contributed by atoms with van der Waals surface area (Å²) >= 11 is 0. The molecule has 2 aliphatic heterocycles. The maximum absolute atomic E-state index is 12.6. The van der Waals surface area contributed by atoms with E-state index in [-0.39, 0.29) is 4.57 Å². The molecule has 0 radical (unpaired) electrons. The van der Waals surface area contributed by atoms with Crippen molar-refractivity contribution in [3.63, 3.8) is 0 Å². The van der Waals surface area contributed by atoms with Crippen molar-refractivity contribution in [3.8, 4) is 0 Å². The lowest BCUT2D eigenvalue weighted by Gasteiger charge is -2.26. The topological polar surface area (TPSA) is 233 Å². The number of halogens is 3. The van der Waals surface area contributed by atoms with Gasteiger partial charge in [-0.05, 0) is 0 Å². The van der Waals surface area contributed by atoms with Crippen LogP contribution in [0.25, 0.3) is 0 Å². The monoisotopic (exact) mass is 546 g/mol. The van der Waals surface area contributed by atoms with Gasteiger partial charge in [0.25, 0.3) is 5.56 Å². The second-order valence-electron chi connectivity index (χ2n) is 6.28. The predicted octanol–water partition coefficient (Wildman–Crippen LogP) is 0.690. The van der Waals surface area contributed by atoms with E-state index in [9.17, 15) is 46.7 Å². The molecule has 0 amide bonds. The highest BCUT2D eigenvalue weighted by Crippen LogP contribution is 2.80. The molecule has 186 valence electrons. The zero-order chi connectivity index (χ0) is 25.0. The molecule has 0 aliphatic carbocycles. The van der Waals surface area contributed by atoms with Gasteiger partial charge in [0.05, 0.1) is 5.56 Å². The van der Waals surface area contributed by atoms with Crippen LogP contribution in [0.2, 0.25) is 0 Å². The molecule has 0 saturated carbocycles. The van der Waals surface area contributed by atoms with E-state index >= 15 is 0 Å². The van der Waals surface area contributed by atoms with Crippen molar-refractivity contribution in [1.82, 2.24) is 9.55 Å². The minimum atomic E-state index is -5.38. The number of phosphoric acid groups is 3. The molecule has 0 spiro atoms. The first kappa shape index (κ1) is 25.8. The number of aliphatic hydroxyl groups is 2. The molecule has 3 rings (SSSR count). The van der Waals surface area contributed by atoms with Crippen molar-refractivity contribution >= 4 is 23.5 Å². The Morgan fingerprint density at radius 1 is 1.12 bits per heavy atom. The summed E-state index contributed by atoms with van der Waals surface area (Å²) in [7, 11) is -16.0. The molecule has 3 heterocycles. The lowest BCUT2D eigenvalue weighted by Crippen LogP contribution is -2.37. The van der Waals surface area contributed by atoms with Crippen LogP contribution in [0.5, 0.6) is 0 Å². The molecule has 4 atom stereocenters. The number of ether oxygens (including phenoxy) is 1. The van der Waals surface area contributed by atoms with E-state index in [0.717, 1.165) is 0 Å². The number of aromatic amines is 1. The number of hydrogen-bond acceptors (Lipinski definition) is 12. The molecule has 0 aromatic carbocycles. The van der Waals surface area contributed by atoms with Gasteiger partial charge >= 0.3 is 35.3 Å². The SMILES string of the molecule is O=c1[nH]c(=O)n(CC(F)(F)F)cc1[C@@H]1OC(COP2(=O)OP(=O)(O)OP(=O)(O)O2)=C(O)C1O. The van der Waals surface area contributed by atoms with E-state index in [0.29, 0.717) is 6.20 Å². The number of aliphatic hydroxyl groups excluding tert-OH is 2. The van der Waals surface area contributed by atoms with Crippen molar-refractivity contribution in [2.45, 2.75) is 24.9 Å². The minimum Gasteiger partial charge on any atom is -0.506 e. The third kappa shape index (κ3) is 6.02. The summed E-state index contributed by atoms with van der Waals surface area (Å²) in [5.41, 5.74) is -3.44. The molecule has 1 saturated heterocycles. The van der Waals surface area contributed by atoms with Gasteiger partial charge in [-0.15, -0.1) is 0 Å². The highest BCUT2D eigenvalue weighted by Gasteiger charge is 2.54. The Hall–Kier alpha value is -1.78. The summed E-state index contributed by atoms with van der Waals surface area (Å²) in [4.78, 5) is 43.5. The zero-order valence-corrected chi connectivity index (χ0v) is 18.1. The number of rotatable bonds is 5. The molecule has 1 fully saturated rings. The van der Waals surface area contributed by atoms with E-state index in [1.165, 1.54) is 0 Å². The lowest BCUT2D eigenvalue weighted by molar-refractivity contribution is -0.141. The molecule has 1 aromatic rings. The van der Waals surface area contributed by atoms with Crippen molar-refractivity contribution in [2.24, 2.45) is 0 Å². The fourth-order valence-corrected chi connectivity index (χ4v) is 7.46. The van der Waals surface area contributed by atoms with Crippen molar-refractivity contribution in [1.29, 1.82) is 0 Å². The van der Waals surface area contributed by atoms with Crippen molar-refractivity contribution in [2.75, 3.05) is 6.61 Å². The number of alkyl halides is 3. The smallest absolute Gasteiger partial charge is 0.493 e. The first-order chi connectivity index (χ1) is 14.9. The van der Waals surface area contributed by atoms with Crippen LogP contribution in [0.1, 0.15) is 11.7 Å². The highest BCUT2D eigenvalue weighted by molar-refractivity contribution is 7.74. The van der Waals surface area contributed by atoms with Crippen molar-refractivity contribution in [3.05, 3.63) is 44.1 Å². The molecular formula is C11H12F3N2O14P3. The fraction of sp³-hybridized carbons (Fsp3) is 0.455. The Labute approximate surface area is 178 Å². The van der Waals surface area contributed by atoms with Crippen LogP contribution in [-0.4, -0.2) is 48.4 Å². The first-order valence-corrected chi connectivity index (χ1v) is 12.6. The second kappa shape index (κ2) is 8.46. The summed E-state index contributed by atoms with van der Waals surface area (Å²) in [5.74, 6) is -1.91. The van der Waals surface area contributed by atoms with Gasteiger partial charge in [-0.25, -0.2) is 18.5 Å². The van der Waals surface area contributed by atoms with Crippen LogP contribution in [0.3, 0.4) is 0 Å². The van der Waals surface area contributed by atoms with Gasteiger partial charge in [-0.3, -0.25) is 18.9 Å². The number of aromatic nitrogens is 2. The van der Waals surface area contributed by atoms with Crippen LogP contribution in [-0.2, 0) is 42.4 Å². The maximum Gasteiger partial charge on any atom is 0.493 e. The third-order valence-corrected chi connectivity index (χ3v) is 9.13. The average molecular weight is 546 g/mol. The van der Waals surface area contributed by atoms with E-state index in [2.05, 4.69) is 17.5 Å². The zero-order valence-electron chi connectivity index (χ0n) is 15.4. The van der Waals surface area contributed by atoms with Crippen LogP contribution in [0.15, 0.2) is 27.3 Å². The van der Waals surface area contributed by atoms with E-state index in [1.54, 1.807) is 4.98 Å². The summed E-state index contributed by atoms with van der Waals surface area (Å²) < 4.78 is 94.0. The van der Waals surface area contributed by atoms with Crippen LogP contribution >= 0.6 is 23.5 Å². The summed E-state index contributed by atoms with van der Waals surface area (Å²) in [6.45, 7) is -3.03. The first-order valence-electron chi connectivity index (χ1n) is 8.12.